The number of carbonyl (C=O) groups is 1. The van der Waals surface area contributed by atoms with Crippen molar-refractivity contribution in [1.82, 2.24) is 9.91 Å². The number of hydrogen-bond acceptors (Lipinski definition) is 3. The number of carbonyl (C=O) groups excluding carboxylic acids is 1. The fraction of sp³-hybridized carbons (Fsp3) is 0.875. The van der Waals surface area contributed by atoms with E-state index in [0.29, 0.717) is 11.8 Å². The zero-order valence-corrected chi connectivity index (χ0v) is 7.36. The molecule has 1 amide bonds. The fourth-order valence-electron chi connectivity index (χ4n) is 2.29. The highest BCUT2D eigenvalue weighted by molar-refractivity contribution is 5.73. The third-order valence-electron chi connectivity index (χ3n) is 2.96. The number of likely N-dealkylation sites (tertiary alicyclic amines) is 1. The van der Waals surface area contributed by atoms with E-state index in [1.165, 1.54) is 0 Å². The lowest BCUT2D eigenvalue weighted by Gasteiger charge is -2.16. The minimum Gasteiger partial charge on any atom is -0.342 e. The molecule has 2 heterocycles. The Morgan fingerprint density at radius 1 is 1.25 bits per heavy atom. The van der Waals surface area contributed by atoms with Crippen LogP contribution in [0.2, 0.25) is 0 Å². The van der Waals surface area contributed by atoms with Crippen molar-refractivity contribution in [2.75, 3.05) is 26.2 Å². The predicted octanol–water partition coefficient (Wildman–Crippen LogP) is -0.730. The summed E-state index contributed by atoms with van der Waals surface area (Å²) in [5.41, 5.74) is 0. The lowest BCUT2D eigenvalue weighted by Crippen LogP contribution is -2.34. The summed E-state index contributed by atoms with van der Waals surface area (Å²) in [5.74, 6) is 7.13. The van der Waals surface area contributed by atoms with Crippen LogP contribution in [0.4, 0.5) is 0 Å². The van der Waals surface area contributed by atoms with Crippen LogP contribution in [0.15, 0.2) is 0 Å². The van der Waals surface area contributed by atoms with E-state index in [-0.39, 0.29) is 5.91 Å². The van der Waals surface area contributed by atoms with E-state index in [2.05, 4.69) is 0 Å². The first-order valence-corrected chi connectivity index (χ1v) is 4.42. The molecule has 0 saturated carbocycles. The molecule has 0 bridgehead atoms. The fourth-order valence-corrected chi connectivity index (χ4v) is 2.29. The van der Waals surface area contributed by atoms with Crippen molar-refractivity contribution in [3.63, 3.8) is 0 Å². The molecule has 0 radical (unpaired) electrons. The number of rotatable bonds is 0. The molecule has 0 aromatic heterocycles. The van der Waals surface area contributed by atoms with Gasteiger partial charge >= 0.3 is 0 Å². The molecule has 0 aliphatic carbocycles. The van der Waals surface area contributed by atoms with E-state index in [9.17, 15) is 4.79 Å². The molecule has 2 rings (SSSR count). The molecule has 12 heavy (non-hydrogen) atoms. The van der Waals surface area contributed by atoms with E-state index < -0.39 is 0 Å². The normalized spacial score (nSPS) is 35.7. The lowest BCUT2D eigenvalue weighted by molar-refractivity contribution is -0.128. The summed E-state index contributed by atoms with van der Waals surface area (Å²) in [6.07, 6.45) is 0. The lowest BCUT2D eigenvalue weighted by atomic mass is 10.0. The quantitative estimate of drug-likeness (QED) is 0.486. The van der Waals surface area contributed by atoms with Crippen LogP contribution in [0, 0.1) is 11.8 Å². The van der Waals surface area contributed by atoms with Crippen LogP contribution in [0.5, 0.6) is 0 Å². The first-order valence-electron chi connectivity index (χ1n) is 4.42. The summed E-state index contributed by atoms with van der Waals surface area (Å²) in [6.45, 7) is 5.37. The van der Waals surface area contributed by atoms with Crippen LogP contribution < -0.4 is 5.84 Å². The number of amides is 1. The number of nitrogens with zero attached hydrogens (tertiary/aromatic N) is 2. The molecule has 2 N–H and O–H groups in total. The molecule has 4 heteroatoms. The average molecular weight is 169 g/mol. The number of hydrazine groups is 1. The second-order valence-electron chi connectivity index (χ2n) is 3.90. The number of fused-ring (bicyclic) bond motifs is 1. The number of nitrogens with two attached hydrogens (primary N) is 1. The van der Waals surface area contributed by atoms with Gasteiger partial charge in [-0.15, -0.1) is 0 Å². The highest BCUT2D eigenvalue weighted by Gasteiger charge is 2.39. The first kappa shape index (κ1) is 8.01. The van der Waals surface area contributed by atoms with Crippen LogP contribution in [0.1, 0.15) is 6.92 Å². The van der Waals surface area contributed by atoms with Gasteiger partial charge in [-0.3, -0.25) is 10.6 Å². The zero-order valence-electron chi connectivity index (χ0n) is 7.36. The maximum atomic E-state index is 11.0. The molecule has 0 spiro atoms. The largest absolute Gasteiger partial charge is 0.342 e. The molecular formula is C8H15N3O. The SMILES string of the molecule is CC(=O)N1CC2CN(N)CC2C1. The van der Waals surface area contributed by atoms with Gasteiger partial charge in [-0.1, -0.05) is 0 Å². The highest BCUT2D eigenvalue weighted by Crippen LogP contribution is 2.29. The molecule has 2 saturated heterocycles. The Morgan fingerprint density at radius 2 is 1.75 bits per heavy atom. The molecule has 2 aliphatic heterocycles. The summed E-state index contributed by atoms with van der Waals surface area (Å²) in [6, 6.07) is 0. The summed E-state index contributed by atoms with van der Waals surface area (Å²) in [4.78, 5) is 13.0. The van der Waals surface area contributed by atoms with Crippen molar-refractivity contribution in [2.24, 2.45) is 17.7 Å². The maximum absolute atomic E-state index is 11.0. The second kappa shape index (κ2) is 2.71. The van der Waals surface area contributed by atoms with E-state index in [4.69, 9.17) is 5.84 Å². The summed E-state index contributed by atoms with van der Waals surface area (Å²) >= 11 is 0. The van der Waals surface area contributed by atoms with Crippen LogP contribution >= 0.6 is 0 Å². The van der Waals surface area contributed by atoms with Crippen molar-refractivity contribution in [3.8, 4) is 0 Å². The van der Waals surface area contributed by atoms with Gasteiger partial charge in [-0.25, -0.2) is 5.01 Å². The van der Waals surface area contributed by atoms with E-state index >= 15 is 0 Å². The van der Waals surface area contributed by atoms with Crippen molar-refractivity contribution < 1.29 is 4.79 Å². The van der Waals surface area contributed by atoms with Gasteiger partial charge in [0.2, 0.25) is 5.91 Å². The van der Waals surface area contributed by atoms with Gasteiger partial charge in [0.1, 0.15) is 0 Å². The van der Waals surface area contributed by atoms with Crippen LogP contribution in [-0.4, -0.2) is 42.0 Å². The van der Waals surface area contributed by atoms with Crippen molar-refractivity contribution in [1.29, 1.82) is 0 Å². The molecule has 2 unspecified atom stereocenters. The predicted molar refractivity (Wildman–Crippen MR) is 45.0 cm³/mol. The van der Waals surface area contributed by atoms with Gasteiger partial charge in [0, 0.05) is 33.1 Å². The van der Waals surface area contributed by atoms with Gasteiger partial charge < -0.3 is 4.90 Å². The molecule has 68 valence electrons. The van der Waals surface area contributed by atoms with Gasteiger partial charge in [0.05, 0.1) is 0 Å². The Balaban J connectivity index is 1.98. The second-order valence-corrected chi connectivity index (χ2v) is 3.90. The van der Waals surface area contributed by atoms with Gasteiger partial charge in [-0.2, -0.15) is 0 Å². The third kappa shape index (κ3) is 1.21. The zero-order chi connectivity index (χ0) is 8.72. The summed E-state index contributed by atoms with van der Waals surface area (Å²) in [7, 11) is 0. The third-order valence-corrected chi connectivity index (χ3v) is 2.96. The molecule has 2 atom stereocenters. The Hall–Kier alpha value is -0.610. The van der Waals surface area contributed by atoms with E-state index in [1.54, 1.807) is 6.92 Å². The smallest absolute Gasteiger partial charge is 0.219 e. The molecule has 0 aromatic carbocycles. The Morgan fingerprint density at radius 3 is 2.17 bits per heavy atom. The highest BCUT2D eigenvalue weighted by atomic mass is 16.2. The minimum absolute atomic E-state index is 0.202. The molecule has 2 aliphatic rings. The van der Waals surface area contributed by atoms with E-state index in [0.717, 1.165) is 26.2 Å². The van der Waals surface area contributed by atoms with Gasteiger partial charge in [0.15, 0.2) is 0 Å². The molecule has 2 fully saturated rings. The molecular weight excluding hydrogens is 154 g/mol. The average Bonchev–Trinajstić information content (AvgIpc) is 2.42. The summed E-state index contributed by atoms with van der Waals surface area (Å²) in [5, 5.41) is 1.87. The minimum atomic E-state index is 0.202. The Bertz CT molecular complexity index is 192. The van der Waals surface area contributed by atoms with Crippen LogP contribution in [0.3, 0.4) is 0 Å². The van der Waals surface area contributed by atoms with Gasteiger partial charge in [0.25, 0.3) is 0 Å². The standard InChI is InChI=1S/C8H15N3O/c1-6(12)10-2-7-4-11(9)5-8(7)3-10/h7-8H,2-5,9H2,1H3. The van der Waals surface area contributed by atoms with E-state index in [1.807, 2.05) is 9.91 Å². The van der Waals surface area contributed by atoms with Crippen molar-refractivity contribution >= 4 is 5.91 Å². The van der Waals surface area contributed by atoms with Crippen molar-refractivity contribution in [2.45, 2.75) is 6.92 Å². The van der Waals surface area contributed by atoms with Crippen LogP contribution in [-0.2, 0) is 4.79 Å². The first-order chi connectivity index (χ1) is 5.66. The summed E-state index contributed by atoms with van der Waals surface area (Å²) < 4.78 is 0. The topological polar surface area (TPSA) is 49.6 Å². The maximum Gasteiger partial charge on any atom is 0.219 e. The molecule has 0 aromatic rings. The Kier molecular flexibility index (Phi) is 1.81. The van der Waals surface area contributed by atoms with Crippen LogP contribution in [0.25, 0.3) is 0 Å². The monoisotopic (exact) mass is 169 g/mol. The Labute approximate surface area is 72.3 Å². The van der Waals surface area contributed by atoms with Crippen molar-refractivity contribution in [3.05, 3.63) is 0 Å². The number of hydrogen-bond donors (Lipinski definition) is 1. The molecule has 4 nitrogen and oxygen atoms in total. The van der Waals surface area contributed by atoms with Gasteiger partial charge in [-0.05, 0) is 11.8 Å².